The second-order valence-electron chi connectivity index (χ2n) is 5.27. The standard InChI is InChI=1S/C15H25NO/c1-5-17-14-8-6-13(7-9-14)10-11-15(2,3)12-16-4/h6-9,16H,5,10-12H2,1-4H3. The van der Waals surface area contributed by atoms with Crippen molar-refractivity contribution >= 4 is 0 Å². The van der Waals surface area contributed by atoms with Crippen LogP contribution < -0.4 is 10.1 Å². The highest BCUT2D eigenvalue weighted by Crippen LogP contribution is 2.22. The molecule has 0 fully saturated rings. The third-order valence-corrected chi connectivity index (χ3v) is 2.98. The number of rotatable bonds is 7. The van der Waals surface area contributed by atoms with Crippen LogP contribution in [0.3, 0.4) is 0 Å². The fourth-order valence-corrected chi connectivity index (χ4v) is 1.97. The lowest BCUT2D eigenvalue weighted by molar-refractivity contribution is 0.324. The van der Waals surface area contributed by atoms with Crippen molar-refractivity contribution in [1.29, 1.82) is 0 Å². The summed E-state index contributed by atoms with van der Waals surface area (Å²) in [6.45, 7) is 8.41. The minimum atomic E-state index is 0.355. The van der Waals surface area contributed by atoms with Crippen LogP contribution in [0.4, 0.5) is 0 Å². The number of hydrogen-bond donors (Lipinski definition) is 1. The number of hydrogen-bond acceptors (Lipinski definition) is 2. The van der Waals surface area contributed by atoms with E-state index in [0.717, 1.165) is 25.3 Å². The van der Waals surface area contributed by atoms with Crippen molar-refractivity contribution in [2.24, 2.45) is 5.41 Å². The molecular formula is C15H25NO. The summed E-state index contributed by atoms with van der Waals surface area (Å²) < 4.78 is 5.43. The average Bonchev–Trinajstić information content (AvgIpc) is 2.29. The maximum absolute atomic E-state index is 5.43. The van der Waals surface area contributed by atoms with E-state index in [1.54, 1.807) is 0 Å². The summed E-state index contributed by atoms with van der Waals surface area (Å²) >= 11 is 0. The molecule has 0 unspecified atom stereocenters. The highest BCUT2D eigenvalue weighted by Gasteiger charge is 2.16. The monoisotopic (exact) mass is 235 g/mol. The van der Waals surface area contributed by atoms with Gasteiger partial charge in [-0.1, -0.05) is 26.0 Å². The van der Waals surface area contributed by atoms with Gasteiger partial charge in [-0.2, -0.15) is 0 Å². The highest BCUT2D eigenvalue weighted by atomic mass is 16.5. The molecule has 0 bridgehead atoms. The van der Waals surface area contributed by atoms with E-state index in [2.05, 4.69) is 43.4 Å². The third kappa shape index (κ3) is 5.22. The maximum atomic E-state index is 5.43. The van der Waals surface area contributed by atoms with Gasteiger partial charge in [-0.25, -0.2) is 0 Å². The quantitative estimate of drug-likeness (QED) is 0.783. The molecular weight excluding hydrogens is 210 g/mol. The molecule has 0 radical (unpaired) electrons. The molecule has 1 N–H and O–H groups in total. The van der Waals surface area contributed by atoms with Gasteiger partial charge in [0.15, 0.2) is 0 Å². The van der Waals surface area contributed by atoms with E-state index in [1.165, 1.54) is 12.0 Å². The minimum Gasteiger partial charge on any atom is -0.494 e. The van der Waals surface area contributed by atoms with Gasteiger partial charge in [0.1, 0.15) is 5.75 Å². The zero-order valence-electron chi connectivity index (χ0n) is 11.5. The number of benzene rings is 1. The van der Waals surface area contributed by atoms with E-state index in [0.29, 0.717) is 5.41 Å². The lowest BCUT2D eigenvalue weighted by Crippen LogP contribution is -2.27. The van der Waals surface area contributed by atoms with Gasteiger partial charge in [0.25, 0.3) is 0 Å². The van der Waals surface area contributed by atoms with E-state index in [-0.39, 0.29) is 0 Å². The van der Waals surface area contributed by atoms with E-state index in [1.807, 2.05) is 14.0 Å². The first-order valence-electron chi connectivity index (χ1n) is 6.44. The topological polar surface area (TPSA) is 21.3 Å². The summed E-state index contributed by atoms with van der Waals surface area (Å²) in [5.74, 6) is 0.964. The molecule has 0 aliphatic carbocycles. The lowest BCUT2D eigenvalue weighted by atomic mass is 9.86. The van der Waals surface area contributed by atoms with E-state index < -0.39 is 0 Å². The van der Waals surface area contributed by atoms with Gasteiger partial charge in [-0.05, 0) is 56.5 Å². The van der Waals surface area contributed by atoms with Gasteiger partial charge in [-0.3, -0.25) is 0 Å². The summed E-state index contributed by atoms with van der Waals surface area (Å²) in [5.41, 5.74) is 1.74. The van der Waals surface area contributed by atoms with Gasteiger partial charge in [0.2, 0.25) is 0 Å². The largest absolute Gasteiger partial charge is 0.494 e. The average molecular weight is 235 g/mol. The van der Waals surface area contributed by atoms with Crippen LogP contribution in [-0.2, 0) is 6.42 Å². The van der Waals surface area contributed by atoms with Gasteiger partial charge in [0.05, 0.1) is 6.61 Å². The van der Waals surface area contributed by atoms with Crippen LogP contribution in [0.2, 0.25) is 0 Å². The third-order valence-electron chi connectivity index (χ3n) is 2.98. The Morgan fingerprint density at radius 1 is 1.18 bits per heavy atom. The zero-order valence-corrected chi connectivity index (χ0v) is 11.5. The Morgan fingerprint density at radius 3 is 2.35 bits per heavy atom. The van der Waals surface area contributed by atoms with Crippen molar-refractivity contribution in [1.82, 2.24) is 5.32 Å². The number of nitrogens with one attached hydrogen (secondary N) is 1. The number of aryl methyl sites for hydroxylation is 1. The Hall–Kier alpha value is -1.02. The molecule has 0 aliphatic rings. The van der Waals surface area contributed by atoms with Gasteiger partial charge in [0, 0.05) is 0 Å². The Kier molecular flexibility index (Phi) is 5.49. The Bertz CT molecular complexity index is 316. The molecule has 0 saturated heterocycles. The van der Waals surface area contributed by atoms with Gasteiger partial charge in [-0.15, -0.1) is 0 Å². The summed E-state index contributed by atoms with van der Waals surface area (Å²) in [6, 6.07) is 8.45. The summed E-state index contributed by atoms with van der Waals surface area (Å²) in [6.07, 6.45) is 2.32. The van der Waals surface area contributed by atoms with Crippen molar-refractivity contribution in [3.8, 4) is 5.75 Å². The van der Waals surface area contributed by atoms with Crippen LogP contribution in [0.15, 0.2) is 24.3 Å². The summed E-state index contributed by atoms with van der Waals surface area (Å²) in [7, 11) is 2.01. The van der Waals surface area contributed by atoms with Crippen LogP contribution in [0.1, 0.15) is 32.8 Å². The van der Waals surface area contributed by atoms with E-state index in [4.69, 9.17) is 4.74 Å². The Balaban J connectivity index is 2.46. The van der Waals surface area contributed by atoms with Crippen molar-refractivity contribution in [3.05, 3.63) is 29.8 Å². The first-order valence-corrected chi connectivity index (χ1v) is 6.44. The smallest absolute Gasteiger partial charge is 0.119 e. The molecule has 2 heteroatoms. The summed E-state index contributed by atoms with van der Waals surface area (Å²) in [4.78, 5) is 0. The molecule has 0 atom stereocenters. The molecule has 0 spiro atoms. The van der Waals surface area contributed by atoms with Gasteiger partial charge < -0.3 is 10.1 Å². The lowest BCUT2D eigenvalue weighted by Gasteiger charge is -2.24. The Labute approximate surface area is 105 Å². The van der Waals surface area contributed by atoms with Crippen LogP contribution in [0, 0.1) is 5.41 Å². The van der Waals surface area contributed by atoms with Crippen LogP contribution in [0.5, 0.6) is 5.75 Å². The zero-order chi connectivity index (χ0) is 12.7. The van der Waals surface area contributed by atoms with E-state index in [9.17, 15) is 0 Å². The molecule has 1 rings (SSSR count). The molecule has 0 saturated carbocycles. The molecule has 0 aromatic heterocycles. The predicted molar refractivity (Wildman–Crippen MR) is 73.6 cm³/mol. The normalized spacial score (nSPS) is 11.5. The molecule has 1 aromatic rings. The fraction of sp³-hybridized carbons (Fsp3) is 0.600. The second-order valence-corrected chi connectivity index (χ2v) is 5.27. The minimum absolute atomic E-state index is 0.355. The molecule has 0 aliphatic heterocycles. The van der Waals surface area contributed by atoms with Gasteiger partial charge >= 0.3 is 0 Å². The van der Waals surface area contributed by atoms with Crippen molar-refractivity contribution in [2.45, 2.75) is 33.6 Å². The second kappa shape index (κ2) is 6.65. The molecule has 17 heavy (non-hydrogen) atoms. The SMILES string of the molecule is CCOc1ccc(CCC(C)(C)CNC)cc1. The van der Waals surface area contributed by atoms with E-state index >= 15 is 0 Å². The molecule has 0 amide bonds. The van der Waals surface area contributed by atoms with Crippen molar-refractivity contribution in [3.63, 3.8) is 0 Å². The predicted octanol–water partition coefficient (Wildman–Crippen LogP) is 3.26. The molecule has 1 aromatic carbocycles. The molecule has 0 heterocycles. The van der Waals surface area contributed by atoms with Crippen LogP contribution >= 0.6 is 0 Å². The van der Waals surface area contributed by atoms with Crippen molar-refractivity contribution in [2.75, 3.05) is 20.2 Å². The highest BCUT2D eigenvalue weighted by molar-refractivity contribution is 5.27. The maximum Gasteiger partial charge on any atom is 0.119 e. The molecule has 96 valence electrons. The fourth-order valence-electron chi connectivity index (χ4n) is 1.97. The Morgan fingerprint density at radius 2 is 1.82 bits per heavy atom. The van der Waals surface area contributed by atoms with Crippen molar-refractivity contribution < 1.29 is 4.74 Å². The van der Waals surface area contributed by atoms with Crippen LogP contribution in [0.25, 0.3) is 0 Å². The number of ether oxygens (including phenoxy) is 1. The molecule has 2 nitrogen and oxygen atoms in total. The first-order chi connectivity index (χ1) is 8.07. The van der Waals surface area contributed by atoms with Crippen LogP contribution in [-0.4, -0.2) is 20.2 Å². The first kappa shape index (κ1) is 14.0. The summed E-state index contributed by atoms with van der Waals surface area (Å²) in [5, 5.41) is 3.25.